The van der Waals surface area contributed by atoms with Gasteiger partial charge >= 0.3 is 0 Å². The summed E-state index contributed by atoms with van der Waals surface area (Å²) in [4.78, 5) is 0. The molecule has 2 nitrogen and oxygen atoms in total. The highest BCUT2D eigenvalue weighted by Crippen LogP contribution is 2.21. The van der Waals surface area contributed by atoms with Crippen molar-refractivity contribution in [3.63, 3.8) is 0 Å². The number of terminal acetylenes is 1. The Hall–Kier alpha value is -1.44. The van der Waals surface area contributed by atoms with Gasteiger partial charge in [0.1, 0.15) is 11.6 Å². The maximum atomic E-state index is 13.3. The first-order valence-corrected chi connectivity index (χ1v) is 4.53. The Balaban J connectivity index is 2.91. The van der Waals surface area contributed by atoms with Gasteiger partial charge in [-0.15, -0.1) is 12.3 Å². The van der Waals surface area contributed by atoms with Crippen molar-refractivity contribution in [3.8, 4) is 12.3 Å². The topological polar surface area (TPSA) is 38.0 Å². The van der Waals surface area contributed by atoms with E-state index in [0.717, 1.165) is 18.2 Å². The first kappa shape index (κ1) is 11.6. The fraction of sp³-hybridized carbons (Fsp3) is 0.273. The van der Waals surface area contributed by atoms with E-state index in [-0.39, 0.29) is 5.56 Å². The summed E-state index contributed by atoms with van der Waals surface area (Å²) in [6, 6.07) is 2.80. The molecular formula is C11H12F2N2. The molecule has 1 aromatic carbocycles. The van der Waals surface area contributed by atoms with Crippen LogP contribution in [0.4, 0.5) is 8.78 Å². The summed E-state index contributed by atoms with van der Waals surface area (Å²) in [6.07, 6.45) is 6.01. The zero-order valence-corrected chi connectivity index (χ0v) is 8.13. The normalized spacial score (nSPS) is 12.1. The third-order valence-corrected chi connectivity index (χ3v) is 2.11. The van der Waals surface area contributed by atoms with E-state index in [1.54, 1.807) is 0 Å². The number of rotatable bonds is 4. The Kier molecular flexibility index (Phi) is 4.22. The third-order valence-electron chi connectivity index (χ3n) is 2.11. The molecule has 0 saturated heterocycles. The molecule has 0 fully saturated rings. The van der Waals surface area contributed by atoms with Gasteiger partial charge in [0.15, 0.2) is 0 Å². The van der Waals surface area contributed by atoms with E-state index in [2.05, 4.69) is 11.3 Å². The lowest BCUT2D eigenvalue weighted by Crippen LogP contribution is -2.28. The number of hydrogen-bond donors (Lipinski definition) is 2. The van der Waals surface area contributed by atoms with Crippen molar-refractivity contribution >= 4 is 0 Å². The summed E-state index contributed by atoms with van der Waals surface area (Å²) in [5.74, 6) is 6.70. The number of hydrazine groups is 1. The van der Waals surface area contributed by atoms with Crippen molar-refractivity contribution in [1.29, 1.82) is 0 Å². The molecule has 0 spiro atoms. The highest BCUT2D eigenvalue weighted by Gasteiger charge is 2.14. The Morgan fingerprint density at radius 1 is 1.47 bits per heavy atom. The highest BCUT2D eigenvalue weighted by molar-refractivity contribution is 5.22. The maximum Gasteiger partial charge on any atom is 0.128 e. The van der Waals surface area contributed by atoms with Crippen LogP contribution >= 0.6 is 0 Å². The molecule has 0 aliphatic heterocycles. The Labute approximate surface area is 87.4 Å². The van der Waals surface area contributed by atoms with Crippen molar-refractivity contribution in [3.05, 3.63) is 35.4 Å². The molecule has 0 heterocycles. The second kappa shape index (κ2) is 5.44. The summed E-state index contributed by atoms with van der Waals surface area (Å²) in [6.45, 7) is 0. The first-order valence-electron chi connectivity index (χ1n) is 4.53. The third kappa shape index (κ3) is 3.01. The van der Waals surface area contributed by atoms with E-state index in [4.69, 9.17) is 12.3 Å². The predicted octanol–water partition coefficient (Wildman–Crippen LogP) is 1.88. The summed E-state index contributed by atoms with van der Waals surface area (Å²) in [5, 5.41) is 0. The van der Waals surface area contributed by atoms with E-state index in [1.165, 1.54) is 0 Å². The highest BCUT2D eigenvalue weighted by atomic mass is 19.1. The van der Waals surface area contributed by atoms with Crippen LogP contribution in [-0.2, 0) is 0 Å². The van der Waals surface area contributed by atoms with Gasteiger partial charge in [-0.25, -0.2) is 8.78 Å². The average Bonchev–Trinajstić information content (AvgIpc) is 2.24. The molecule has 0 radical (unpaired) electrons. The number of nitrogens with one attached hydrogen (secondary N) is 1. The zero-order valence-electron chi connectivity index (χ0n) is 8.13. The second-order valence-electron chi connectivity index (χ2n) is 3.13. The largest absolute Gasteiger partial charge is 0.271 e. The summed E-state index contributed by atoms with van der Waals surface area (Å²) in [7, 11) is 0. The van der Waals surface area contributed by atoms with E-state index in [9.17, 15) is 8.78 Å². The summed E-state index contributed by atoms with van der Waals surface area (Å²) >= 11 is 0. The maximum absolute atomic E-state index is 13.3. The van der Waals surface area contributed by atoms with Crippen LogP contribution in [-0.4, -0.2) is 0 Å². The van der Waals surface area contributed by atoms with Gasteiger partial charge < -0.3 is 0 Å². The van der Waals surface area contributed by atoms with Gasteiger partial charge in [-0.2, -0.15) is 0 Å². The molecule has 0 amide bonds. The SMILES string of the molecule is C#CCCC(NN)c1cc(F)ccc1F. The van der Waals surface area contributed by atoms with Gasteiger partial charge in [0.05, 0.1) is 0 Å². The van der Waals surface area contributed by atoms with Crippen molar-refractivity contribution in [1.82, 2.24) is 5.43 Å². The van der Waals surface area contributed by atoms with Crippen LogP contribution < -0.4 is 11.3 Å². The quantitative estimate of drug-likeness (QED) is 0.452. The molecule has 1 aromatic rings. The molecular weight excluding hydrogens is 198 g/mol. The van der Waals surface area contributed by atoms with Gasteiger partial charge in [-0.05, 0) is 24.6 Å². The lowest BCUT2D eigenvalue weighted by Gasteiger charge is -2.15. The molecule has 0 aromatic heterocycles. The monoisotopic (exact) mass is 210 g/mol. The molecule has 0 aliphatic carbocycles. The Morgan fingerprint density at radius 2 is 2.20 bits per heavy atom. The molecule has 4 heteroatoms. The number of nitrogens with two attached hydrogens (primary N) is 1. The van der Waals surface area contributed by atoms with Crippen LogP contribution in [0.1, 0.15) is 24.4 Å². The molecule has 0 bridgehead atoms. The molecule has 3 N–H and O–H groups in total. The second-order valence-corrected chi connectivity index (χ2v) is 3.13. The summed E-state index contributed by atoms with van der Waals surface area (Å²) in [5.41, 5.74) is 2.62. The van der Waals surface area contributed by atoms with Crippen LogP contribution in [0, 0.1) is 24.0 Å². The Bertz CT molecular complexity index is 371. The van der Waals surface area contributed by atoms with Crippen LogP contribution in [0.5, 0.6) is 0 Å². The van der Waals surface area contributed by atoms with E-state index in [1.807, 2.05) is 0 Å². The number of halogens is 2. The number of benzene rings is 1. The van der Waals surface area contributed by atoms with Gasteiger partial charge in [0.25, 0.3) is 0 Å². The van der Waals surface area contributed by atoms with Gasteiger partial charge in [-0.1, -0.05) is 0 Å². The van der Waals surface area contributed by atoms with Gasteiger partial charge in [0.2, 0.25) is 0 Å². The standard InChI is InChI=1S/C11H12F2N2/c1-2-3-4-11(15-14)9-7-8(12)5-6-10(9)13/h1,5-7,11,15H,3-4,14H2. The van der Waals surface area contributed by atoms with Crippen LogP contribution in [0.25, 0.3) is 0 Å². The molecule has 0 aliphatic rings. The van der Waals surface area contributed by atoms with Crippen molar-refractivity contribution in [2.24, 2.45) is 5.84 Å². The molecule has 80 valence electrons. The van der Waals surface area contributed by atoms with E-state index < -0.39 is 17.7 Å². The molecule has 15 heavy (non-hydrogen) atoms. The van der Waals surface area contributed by atoms with Crippen LogP contribution in [0.2, 0.25) is 0 Å². The Morgan fingerprint density at radius 3 is 2.80 bits per heavy atom. The predicted molar refractivity (Wildman–Crippen MR) is 54.5 cm³/mol. The lowest BCUT2D eigenvalue weighted by atomic mass is 10.0. The molecule has 1 atom stereocenters. The minimum Gasteiger partial charge on any atom is -0.271 e. The minimum atomic E-state index is -0.493. The average molecular weight is 210 g/mol. The summed E-state index contributed by atoms with van der Waals surface area (Å²) < 4.78 is 26.2. The zero-order chi connectivity index (χ0) is 11.3. The van der Waals surface area contributed by atoms with Crippen molar-refractivity contribution < 1.29 is 8.78 Å². The fourth-order valence-corrected chi connectivity index (χ4v) is 1.34. The first-order chi connectivity index (χ1) is 7.19. The molecule has 1 unspecified atom stereocenters. The van der Waals surface area contributed by atoms with Crippen molar-refractivity contribution in [2.45, 2.75) is 18.9 Å². The molecule has 0 saturated carbocycles. The smallest absolute Gasteiger partial charge is 0.128 e. The van der Waals surface area contributed by atoms with Crippen LogP contribution in [0.3, 0.4) is 0 Å². The lowest BCUT2D eigenvalue weighted by molar-refractivity contribution is 0.484. The van der Waals surface area contributed by atoms with E-state index >= 15 is 0 Å². The van der Waals surface area contributed by atoms with E-state index in [0.29, 0.717) is 12.8 Å². The fourth-order valence-electron chi connectivity index (χ4n) is 1.34. The van der Waals surface area contributed by atoms with Gasteiger partial charge in [0, 0.05) is 18.0 Å². The van der Waals surface area contributed by atoms with Crippen LogP contribution in [0.15, 0.2) is 18.2 Å². The van der Waals surface area contributed by atoms with Crippen molar-refractivity contribution in [2.75, 3.05) is 0 Å². The van der Waals surface area contributed by atoms with Gasteiger partial charge in [-0.3, -0.25) is 11.3 Å². The number of hydrogen-bond acceptors (Lipinski definition) is 2. The molecule has 1 rings (SSSR count). The minimum absolute atomic E-state index is 0.202.